The first-order chi connectivity index (χ1) is 9.72. The molecule has 2 heterocycles. The number of anilines is 1. The van der Waals surface area contributed by atoms with Gasteiger partial charge in [0.25, 0.3) is 5.89 Å². The molecule has 0 saturated carbocycles. The number of rotatable bonds is 3. The van der Waals surface area contributed by atoms with Gasteiger partial charge < -0.3 is 14.7 Å². The molecule has 3 rings (SSSR count). The Morgan fingerprint density at radius 3 is 2.60 bits per heavy atom. The normalized spacial score (nSPS) is 11.2. The fraction of sp³-hybridized carbons (Fsp3) is 0.0667. The van der Waals surface area contributed by atoms with Crippen molar-refractivity contribution in [3.8, 4) is 11.6 Å². The van der Waals surface area contributed by atoms with Crippen LogP contribution in [0.1, 0.15) is 17.0 Å². The van der Waals surface area contributed by atoms with E-state index in [1.807, 2.05) is 43.3 Å². The monoisotopic (exact) mass is 267 g/mol. The van der Waals surface area contributed by atoms with Gasteiger partial charge in [0.15, 0.2) is 5.76 Å². The van der Waals surface area contributed by atoms with Crippen LogP contribution in [0.15, 0.2) is 45.5 Å². The number of furan rings is 1. The predicted octanol–water partition coefficient (Wildman–Crippen LogP) is 3.39. The lowest BCUT2D eigenvalue weighted by atomic mass is 10.2. The van der Waals surface area contributed by atoms with Crippen LogP contribution >= 0.6 is 0 Å². The van der Waals surface area contributed by atoms with Gasteiger partial charge in [-0.2, -0.15) is 4.98 Å². The Bertz CT molecular complexity index is 739. The number of hydrogen-bond donors (Lipinski definition) is 1. The standard InChI is InChI=1S/C15H13N3O2/c1-10-8-9-19-14(10)15-17-13(20-18-15)7-4-11-2-5-12(16)6-3-11/h2-9H,16H2,1H3/b7-4+. The molecule has 0 aliphatic rings. The maximum atomic E-state index is 5.63. The minimum absolute atomic E-state index is 0.424. The highest BCUT2D eigenvalue weighted by atomic mass is 16.5. The van der Waals surface area contributed by atoms with Crippen molar-refractivity contribution in [1.82, 2.24) is 10.1 Å². The van der Waals surface area contributed by atoms with Crippen LogP contribution in [0.4, 0.5) is 5.69 Å². The quantitative estimate of drug-likeness (QED) is 0.736. The average Bonchev–Trinajstić information content (AvgIpc) is 3.06. The molecule has 0 amide bonds. The van der Waals surface area contributed by atoms with Crippen molar-refractivity contribution in [3.63, 3.8) is 0 Å². The topological polar surface area (TPSA) is 78.1 Å². The van der Waals surface area contributed by atoms with E-state index in [4.69, 9.17) is 14.7 Å². The number of aromatic nitrogens is 2. The molecule has 0 bridgehead atoms. The van der Waals surface area contributed by atoms with Crippen molar-refractivity contribution in [3.05, 3.63) is 53.6 Å². The van der Waals surface area contributed by atoms with Gasteiger partial charge in [-0.3, -0.25) is 0 Å². The Morgan fingerprint density at radius 1 is 1.10 bits per heavy atom. The summed E-state index contributed by atoms with van der Waals surface area (Å²) in [6, 6.07) is 9.37. The highest BCUT2D eigenvalue weighted by Gasteiger charge is 2.12. The van der Waals surface area contributed by atoms with Crippen molar-refractivity contribution < 1.29 is 8.94 Å². The molecule has 20 heavy (non-hydrogen) atoms. The summed E-state index contributed by atoms with van der Waals surface area (Å²) >= 11 is 0. The lowest BCUT2D eigenvalue weighted by Crippen LogP contribution is -1.82. The van der Waals surface area contributed by atoms with Crippen LogP contribution in [0, 0.1) is 6.92 Å². The van der Waals surface area contributed by atoms with Gasteiger partial charge in [0, 0.05) is 11.8 Å². The summed E-state index contributed by atoms with van der Waals surface area (Å²) in [5, 5.41) is 3.89. The molecule has 0 atom stereocenters. The zero-order chi connectivity index (χ0) is 13.9. The lowest BCUT2D eigenvalue weighted by molar-refractivity contribution is 0.409. The predicted molar refractivity (Wildman–Crippen MR) is 76.5 cm³/mol. The summed E-state index contributed by atoms with van der Waals surface area (Å²) in [4.78, 5) is 4.26. The third kappa shape index (κ3) is 2.47. The van der Waals surface area contributed by atoms with Gasteiger partial charge in [-0.05, 0) is 42.3 Å². The smallest absolute Gasteiger partial charge is 0.251 e. The zero-order valence-electron chi connectivity index (χ0n) is 10.9. The minimum Gasteiger partial charge on any atom is -0.461 e. The Balaban J connectivity index is 1.81. The Kier molecular flexibility index (Phi) is 3.09. The van der Waals surface area contributed by atoms with Gasteiger partial charge in [-0.1, -0.05) is 17.3 Å². The Morgan fingerprint density at radius 2 is 1.90 bits per heavy atom. The second kappa shape index (κ2) is 5.05. The SMILES string of the molecule is Cc1ccoc1-c1noc(/C=C/c2ccc(N)cc2)n1. The second-order valence-corrected chi connectivity index (χ2v) is 4.39. The highest BCUT2D eigenvalue weighted by molar-refractivity contribution is 5.67. The molecule has 0 aliphatic carbocycles. The summed E-state index contributed by atoms with van der Waals surface area (Å²) in [7, 11) is 0. The Labute approximate surface area is 115 Å². The molecule has 100 valence electrons. The first kappa shape index (κ1) is 12.2. The molecular formula is C15H13N3O2. The first-order valence-corrected chi connectivity index (χ1v) is 6.14. The van der Waals surface area contributed by atoms with E-state index in [9.17, 15) is 0 Å². The second-order valence-electron chi connectivity index (χ2n) is 4.39. The molecule has 0 radical (unpaired) electrons. The summed E-state index contributed by atoms with van der Waals surface area (Å²) in [5.74, 6) is 1.50. The molecule has 5 heteroatoms. The average molecular weight is 267 g/mol. The van der Waals surface area contributed by atoms with Gasteiger partial charge in [0.05, 0.1) is 6.26 Å². The third-order valence-corrected chi connectivity index (χ3v) is 2.86. The summed E-state index contributed by atoms with van der Waals surface area (Å²) < 4.78 is 10.5. The van der Waals surface area contributed by atoms with Gasteiger partial charge in [0.1, 0.15) is 0 Å². The van der Waals surface area contributed by atoms with Crippen molar-refractivity contribution in [1.29, 1.82) is 0 Å². The molecule has 2 N–H and O–H groups in total. The van der Waals surface area contributed by atoms with E-state index < -0.39 is 0 Å². The summed E-state index contributed by atoms with van der Waals surface area (Å²) in [6.07, 6.45) is 5.23. The van der Waals surface area contributed by atoms with E-state index in [2.05, 4.69) is 10.1 Å². The molecule has 0 spiro atoms. The number of aryl methyl sites for hydroxylation is 1. The number of nitrogen functional groups attached to an aromatic ring is 1. The van der Waals surface area contributed by atoms with Gasteiger partial charge in [-0.25, -0.2) is 0 Å². The minimum atomic E-state index is 0.424. The fourth-order valence-corrected chi connectivity index (χ4v) is 1.77. The van der Waals surface area contributed by atoms with Crippen LogP contribution in [-0.2, 0) is 0 Å². The van der Waals surface area contributed by atoms with E-state index in [1.165, 1.54) is 0 Å². The van der Waals surface area contributed by atoms with E-state index in [1.54, 1.807) is 12.3 Å². The number of nitrogens with two attached hydrogens (primary N) is 1. The molecule has 0 aliphatic heterocycles. The maximum Gasteiger partial charge on any atom is 0.251 e. The molecule has 0 unspecified atom stereocenters. The van der Waals surface area contributed by atoms with Crippen LogP contribution < -0.4 is 5.73 Å². The van der Waals surface area contributed by atoms with Crippen molar-refractivity contribution in [2.45, 2.75) is 6.92 Å². The zero-order valence-corrected chi connectivity index (χ0v) is 10.9. The summed E-state index contributed by atoms with van der Waals surface area (Å²) in [5.41, 5.74) is 8.34. The van der Waals surface area contributed by atoms with Crippen LogP contribution in [0.5, 0.6) is 0 Å². The highest BCUT2D eigenvalue weighted by Crippen LogP contribution is 2.21. The number of benzene rings is 1. The first-order valence-electron chi connectivity index (χ1n) is 6.14. The summed E-state index contributed by atoms with van der Waals surface area (Å²) in [6.45, 7) is 1.93. The van der Waals surface area contributed by atoms with Gasteiger partial charge in [0.2, 0.25) is 5.82 Å². The fourth-order valence-electron chi connectivity index (χ4n) is 1.77. The number of hydrogen-bond acceptors (Lipinski definition) is 5. The van der Waals surface area contributed by atoms with E-state index in [-0.39, 0.29) is 0 Å². The van der Waals surface area contributed by atoms with E-state index in [0.717, 1.165) is 16.8 Å². The largest absolute Gasteiger partial charge is 0.461 e. The van der Waals surface area contributed by atoms with Crippen LogP contribution in [0.25, 0.3) is 23.7 Å². The van der Waals surface area contributed by atoms with Crippen LogP contribution in [-0.4, -0.2) is 10.1 Å². The Hall–Kier alpha value is -2.82. The molecule has 1 aromatic carbocycles. The molecule has 0 saturated heterocycles. The van der Waals surface area contributed by atoms with Crippen LogP contribution in [0.2, 0.25) is 0 Å². The third-order valence-electron chi connectivity index (χ3n) is 2.86. The molecule has 0 fully saturated rings. The number of nitrogens with zero attached hydrogens (tertiary/aromatic N) is 2. The maximum absolute atomic E-state index is 5.63. The van der Waals surface area contributed by atoms with E-state index in [0.29, 0.717) is 17.5 Å². The van der Waals surface area contributed by atoms with Crippen LogP contribution in [0.3, 0.4) is 0 Å². The molecule has 2 aromatic heterocycles. The van der Waals surface area contributed by atoms with E-state index >= 15 is 0 Å². The lowest BCUT2D eigenvalue weighted by Gasteiger charge is -1.93. The molecular weight excluding hydrogens is 254 g/mol. The van der Waals surface area contributed by atoms with Crippen molar-refractivity contribution in [2.75, 3.05) is 5.73 Å². The van der Waals surface area contributed by atoms with Crippen molar-refractivity contribution >= 4 is 17.8 Å². The molecule has 5 nitrogen and oxygen atoms in total. The van der Waals surface area contributed by atoms with Crippen molar-refractivity contribution in [2.24, 2.45) is 0 Å². The van der Waals surface area contributed by atoms with Gasteiger partial charge >= 0.3 is 0 Å². The van der Waals surface area contributed by atoms with Gasteiger partial charge in [-0.15, -0.1) is 0 Å². The molecule has 3 aromatic rings.